The zero-order chi connectivity index (χ0) is 18.6. The third-order valence-electron chi connectivity index (χ3n) is 3.96. The van der Waals surface area contributed by atoms with Gasteiger partial charge in [0.05, 0.1) is 30.9 Å². The van der Waals surface area contributed by atoms with Gasteiger partial charge in [-0.2, -0.15) is 0 Å². The molecule has 1 aromatic heterocycles. The minimum atomic E-state index is -3.15. The summed E-state index contributed by atoms with van der Waals surface area (Å²) >= 11 is 0. The molecule has 1 saturated heterocycles. The van der Waals surface area contributed by atoms with Crippen molar-refractivity contribution in [3.8, 4) is 0 Å². The summed E-state index contributed by atoms with van der Waals surface area (Å²) in [5.74, 6) is 0.451. The molecule has 7 nitrogen and oxygen atoms in total. The standard InChI is InChI=1S/C18H21N3O4S/c1-26(23,24)13-14-3-2-4-15(11-14)18(22)20-16-5-6-17(19-12-16)21-7-9-25-10-8-21/h2-6,11-12H,7-10,13H2,1H3,(H,20,22). The Morgan fingerprint density at radius 2 is 2.00 bits per heavy atom. The molecule has 3 rings (SSSR count). The van der Waals surface area contributed by atoms with Crippen molar-refractivity contribution >= 4 is 27.2 Å². The molecule has 0 unspecified atom stereocenters. The van der Waals surface area contributed by atoms with Gasteiger partial charge in [0, 0.05) is 24.9 Å². The van der Waals surface area contributed by atoms with E-state index < -0.39 is 9.84 Å². The van der Waals surface area contributed by atoms with Crippen molar-refractivity contribution in [2.24, 2.45) is 0 Å². The molecule has 26 heavy (non-hydrogen) atoms. The van der Waals surface area contributed by atoms with Gasteiger partial charge in [0.1, 0.15) is 5.82 Å². The van der Waals surface area contributed by atoms with Crippen LogP contribution in [0.5, 0.6) is 0 Å². The predicted octanol–water partition coefficient (Wildman–Crippen LogP) is 1.72. The fraction of sp³-hybridized carbons (Fsp3) is 0.333. The number of rotatable bonds is 5. The van der Waals surface area contributed by atoms with Crippen LogP contribution in [0.4, 0.5) is 11.5 Å². The molecule has 0 atom stereocenters. The summed E-state index contributed by atoms with van der Waals surface area (Å²) in [7, 11) is -3.15. The number of pyridine rings is 1. The lowest BCUT2D eigenvalue weighted by molar-refractivity contribution is 0.102. The van der Waals surface area contributed by atoms with Crippen LogP contribution in [0.2, 0.25) is 0 Å². The van der Waals surface area contributed by atoms with Crippen LogP contribution in [0.15, 0.2) is 42.6 Å². The summed E-state index contributed by atoms with van der Waals surface area (Å²) in [6, 6.07) is 10.3. The summed E-state index contributed by atoms with van der Waals surface area (Å²) in [4.78, 5) is 18.9. The Bertz CT molecular complexity index is 876. The van der Waals surface area contributed by atoms with E-state index >= 15 is 0 Å². The van der Waals surface area contributed by atoms with Crippen LogP contribution < -0.4 is 10.2 Å². The number of carbonyl (C=O) groups excluding carboxylic acids is 1. The predicted molar refractivity (Wildman–Crippen MR) is 100 cm³/mol. The fourth-order valence-electron chi connectivity index (χ4n) is 2.75. The molecule has 1 aliphatic heterocycles. The number of nitrogens with one attached hydrogen (secondary N) is 1. The van der Waals surface area contributed by atoms with Crippen molar-refractivity contribution in [2.45, 2.75) is 5.75 Å². The second-order valence-electron chi connectivity index (χ2n) is 6.23. The zero-order valence-electron chi connectivity index (χ0n) is 14.5. The van der Waals surface area contributed by atoms with Crippen molar-refractivity contribution in [3.63, 3.8) is 0 Å². The number of anilines is 2. The maximum Gasteiger partial charge on any atom is 0.255 e. The highest BCUT2D eigenvalue weighted by Crippen LogP contribution is 2.17. The van der Waals surface area contributed by atoms with E-state index in [0.29, 0.717) is 30.0 Å². The van der Waals surface area contributed by atoms with Gasteiger partial charge >= 0.3 is 0 Å². The Morgan fingerprint density at radius 3 is 2.65 bits per heavy atom. The summed E-state index contributed by atoms with van der Waals surface area (Å²) in [6.07, 6.45) is 2.78. The van der Waals surface area contributed by atoms with Gasteiger partial charge in [-0.3, -0.25) is 4.79 Å². The van der Waals surface area contributed by atoms with Crippen LogP contribution in [-0.2, 0) is 20.3 Å². The van der Waals surface area contributed by atoms with Gasteiger partial charge in [-0.1, -0.05) is 12.1 Å². The van der Waals surface area contributed by atoms with E-state index in [1.807, 2.05) is 6.07 Å². The zero-order valence-corrected chi connectivity index (χ0v) is 15.3. The molecule has 0 aliphatic carbocycles. The minimum absolute atomic E-state index is 0.0933. The first-order valence-corrected chi connectivity index (χ1v) is 10.3. The highest BCUT2D eigenvalue weighted by Gasteiger charge is 2.13. The van der Waals surface area contributed by atoms with Crippen LogP contribution in [-0.4, -0.2) is 51.9 Å². The number of hydrogen-bond acceptors (Lipinski definition) is 6. The van der Waals surface area contributed by atoms with Gasteiger partial charge in [-0.05, 0) is 29.8 Å². The summed E-state index contributed by atoms with van der Waals surface area (Å²) in [5.41, 5.74) is 1.57. The summed E-state index contributed by atoms with van der Waals surface area (Å²) < 4.78 is 28.2. The van der Waals surface area contributed by atoms with Crippen LogP contribution in [0, 0.1) is 0 Å². The van der Waals surface area contributed by atoms with Gasteiger partial charge < -0.3 is 15.0 Å². The summed E-state index contributed by atoms with van der Waals surface area (Å²) in [5, 5.41) is 2.78. The normalized spacial score (nSPS) is 14.9. The number of amides is 1. The molecular formula is C18H21N3O4S. The molecule has 2 aromatic rings. The minimum Gasteiger partial charge on any atom is -0.378 e. The Kier molecular flexibility index (Phi) is 5.53. The van der Waals surface area contributed by atoms with Gasteiger partial charge in [0.2, 0.25) is 0 Å². The Morgan fingerprint density at radius 1 is 1.23 bits per heavy atom. The first-order valence-electron chi connectivity index (χ1n) is 8.27. The lowest BCUT2D eigenvalue weighted by Crippen LogP contribution is -2.36. The molecule has 8 heteroatoms. The average molecular weight is 375 g/mol. The smallest absolute Gasteiger partial charge is 0.255 e. The van der Waals surface area contributed by atoms with Crippen LogP contribution in [0.3, 0.4) is 0 Å². The van der Waals surface area contributed by atoms with Crippen molar-refractivity contribution in [2.75, 3.05) is 42.8 Å². The maximum absolute atomic E-state index is 12.4. The first-order chi connectivity index (χ1) is 12.4. The quantitative estimate of drug-likeness (QED) is 0.856. The van der Waals surface area contributed by atoms with E-state index in [2.05, 4.69) is 15.2 Å². The SMILES string of the molecule is CS(=O)(=O)Cc1cccc(C(=O)Nc2ccc(N3CCOCC3)nc2)c1. The molecule has 2 heterocycles. The second-order valence-corrected chi connectivity index (χ2v) is 8.37. The van der Waals surface area contributed by atoms with E-state index in [0.717, 1.165) is 18.9 Å². The number of benzene rings is 1. The lowest BCUT2D eigenvalue weighted by atomic mass is 10.1. The van der Waals surface area contributed by atoms with Crippen molar-refractivity contribution in [1.29, 1.82) is 0 Å². The molecule has 1 N–H and O–H groups in total. The number of nitrogens with zero attached hydrogens (tertiary/aromatic N) is 2. The summed E-state index contributed by atoms with van der Waals surface area (Å²) in [6.45, 7) is 2.96. The fourth-order valence-corrected chi connectivity index (χ4v) is 3.53. The number of sulfone groups is 1. The maximum atomic E-state index is 12.4. The van der Waals surface area contributed by atoms with E-state index in [1.54, 1.807) is 36.5 Å². The van der Waals surface area contributed by atoms with E-state index in [4.69, 9.17) is 4.74 Å². The number of aromatic nitrogens is 1. The molecule has 0 bridgehead atoms. The average Bonchev–Trinajstić information content (AvgIpc) is 2.62. The molecule has 0 radical (unpaired) electrons. The van der Waals surface area contributed by atoms with Gasteiger partial charge in [-0.25, -0.2) is 13.4 Å². The first kappa shape index (κ1) is 18.3. The molecule has 1 aliphatic rings. The van der Waals surface area contributed by atoms with Gasteiger partial charge in [-0.15, -0.1) is 0 Å². The van der Waals surface area contributed by atoms with Crippen LogP contribution in [0.25, 0.3) is 0 Å². The number of morpholine rings is 1. The van der Waals surface area contributed by atoms with Crippen molar-refractivity contribution < 1.29 is 17.9 Å². The molecule has 1 aromatic carbocycles. The van der Waals surface area contributed by atoms with Crippen LogP contribution >= 0.6 is 0 Å². The highest BCUT2D eigenvalue weighted by molar-refractivity contribution is 7.89. The van der Waals surface area contributed by atoms with Gasteiger partial charge in [0.25, 0.3) is 5.91 Å². The molecule has 0 spiro atoms. The molecule has 0 saturated carbocycles. The highest BCUT2D eigenvalue weighted by atomic mass is 32.2. The van der Waals surface area contributed by atoms with Crippen LogP contribution in [0.1, 0.15) is 15.9 Å². The Hall–Kier alpha value is -2.45. The number of ether oxygens (including phenoxy) is 1. The monoisotopic (exact) mass is 375 g/mol. The van der Waals surface area contributed by atoms with E-state index in [1.165, 1.54) is 6.26 Å². The Balaban J connectivity index is 1.67. The molecule has 1 amide bonds. The largest absolute Gasteiger partial charge is 0.378 e. The van der Waals surface area contributed by atoms with E-state index in [-0.39, 0.29) is 11.7 Å². The van der Waals surface area contributed by atoms with Gasteiger partial charge in [0.15, 0.2) is 9.84 Å². The van der Waals surface area contributed by atoms with E-state index in [9.17, 15) is 13.2 Å². The van der Waals surface area contributed by atoms with Crippen molar-refractivity contribution in [1.82, 2.24) is 4.98 Å². The second kappa shape index (κ2) is 7.84. The Labute approximate surface area is 152 Å². The number of carbonyl (C=O) groups is 1. The third-order valence-corrected chi connectivity index (χ3v) is 4.82. The molecular weight excluding hydrogens is 354 g/mol. The molecule has 1 fully saturated rings. The topological polar surface area (TPSA) is 88.6 Å². The molecule has 138 valence electrons. The third kappa shape index (κ3) is 5.03. The number of hydrogen-bond donors (Lipinski definition) is 1. The lowest BCUT2D eigenvalue weighted by Gasteiger charge is -2.27. The van der Waals surface area contributed by atoms with Crippen molar-refractivity contribution in [3.05, 3.63) is 53.7 Å².